The van der Waals surface area contributed by atoms with Crippen molar-refractivity contribution in [2.45, 2.75) is 31.7 Å². The first kappa shape index (κ1) is 13.3. The third-order valence-corrected chi connectivity index (χ3v) is 4.54. The largest absolute Gasteiger partial charge is 0.394 e. The number of imide groups is 1. The first-order valence-corrected chi connectivity index (χ1v) is 7.26. The Morgan fingerprint density at radius 1 is 1.05 bits per heavy atom. The Bertz CT molecular complexity index is 490. The lowest BCUT2D eigenvalue weighted by atomic mass is 9.81. The Morgan fingerprint density at radius 2 is 1.60 bits per heavy atom. The zero-order valence-corrected chi connectivity index (χ0v) is 11.4. The van der Waals surface area contributed by atoms with Gasteiger partial charge in [-0.05, 0) is 18.4 Å². The van der Waals surface area contributed by atoms with Gasteiger partial charge < -0.3 is 5.11 Å². The molecule has 1 saturated carbocycles. The molecule has 2 aliphatic rings. The van der Waals surface area contributed by atoms with E-state index in [0.29, 0.717) is 0 Å². The van der Waals surface area contributed by atoms with Crippen LogP contribution in [0.25, 0.3) is 0 Å². The molecule has 0 bridgehead atoms. The molecule has 1 aliphatic heterocycles. The van der Waals surface area contributed by atoms with E-state index in [9.17, 15) is 14.7 Å². The molecule has 0 aromatic heterocycles. The molecule has 2 fully saturated rings. The smallest absolute Gasteiger partial charge is 0.233 e. The molecule has 2 unspecified atom stereocenters. The van der Waals surface area contributed by atoms with Crippen LogP contribution in [0.4, 0.5) is 0 Å². The number of hydrogen-bond donors (Lipinski definition) is 1. The zero-order chi connectivity index (χ0) is 14.1. The molecule has 3 atom stereocenters. The Balaban J connectivity index is 1.92. The molecule has 0 spiro atoms. The van der Waals surface area contributed by atoms with Crippen molar-refractivity contribution in [2.24, 2.45) is 11.8 Å². The number of amides is 2. The van der Waals surface area contributed by atoms with Crippen LogP contribution >= 0.6 is 0 Å². The molecule has 2 amide bonds. The molecule has 4 nitrogen and oxygen atoms in total. The van der Waals surface area contributed by atoms with Crippen LogP contribution in [0.15, 0.2) is 30.3 Å². The van der Waals surface area contributed by atoms with E-state index in [0.717, 1.165) is 31.2 Å². The first-order valence-electron chi connectivity index (χ1n) is 7.26. The summed E-state index contributed by atoms with van der Waals surface area (Å²) in [6, 6.07) is 8.76. The van der Waals surface area contributed by atoms with Crippen LogP contribution in [0.3, 0.4) is 0 Å². The minimum absolute atomic E-state index is 0.0948. The molecular weight excluding hydrogens is 254 g/mol. The molecule has 1 heterocycles. The van der Waals surface area contributed by atoms with Crippen molar-refractivity contribution in [3.8, 4) is 0 Å². The monoisotopic (exact) mass is 273 g/mol. The van der Waals surface area contributed by atoms with Crippen LogP contribution in [-0.2, 0) is 9.59 Å². The Hall–Kier alpha value is -1.68. The fourth-order valence-corrected chi connectivity index (χ4v) is 3.51. The van der Waals surface area contributed by atoms with Gasteiger partial charge in [-0.3, -0.25) is 14.5 Å². The first-order chi connectivity index (χ1) is 9.74. The van der Waals surface area contributed by atoms with Gasteiger partial charge in [0, 0.05) is 0 Å². The van der Waals surface area contributed by atoms with Gasteiger partial charge in [0.05, 0.1) is 24.5 Å². The number of carbonyl (C=O) groups excluding carboxylic acids is 2. The molecule has 1 aromatic carbocycles. The van der Waals surface area contributed by atoms with E-state index < -0.39 is 6.04 Å². The van der Waals surface area contributed by atoms with Gasteiger partial charge >= 0.3 is 0 Å². The summed E-state index contributed by atoms with van der Waals surface area (Å²) in [7, 11) is 0. The summed E-state index contributed by atoms with van der Waals surface area (Å²) < 4.78 is 0. The number of nitrogens with zero attached hydrogens (tertiary/aromatic N) is 1. The van der Waals surface area contributed by atoms with Gasteiger partial charge in [-0.25, -0.2) is 0 Å². The second kappa shape index (κ2) is 5.37. The summed E-state index contributed by atoms with van der Waals surface area (Å²) in [4.78, 5) is 26.4. The topological polar surface area (TPSA) is 57.6 Å². The van der Waals surface area contributed by atoms with E-state index in [1.807, 2.05) is 30.3 Å². The van der Waals surface area contributed by atoms with Crippen LogP contribution in [-0.4, -0.2) is 28.4 Å². The van der Waals surface area contributed by atoms with Crippen LogP contribution < -0.4 is 0 Å². The summed E-state index contributed by atoms with van der Waals surface area (Å²) in [5, 5.41) is 9.66. The fourth-order valence-electron chi connectivity index (χ4n) is 3.51. The van der Waals surface area contributed by atoms with Crippen LogP contribution in [0.5, 0.6) is 0 Å². The quantitative estimate of drug-likeness (QED) is 0.856. The second-order valence-electron chi connectivity index (χ2n) is 5.65. The van der Waals surface area contributed by atoms with Crippen molar-refractivity contribution in [2.75, 3.05) is 6.61 Å². The predicted octanol–water partition coefficient (Wildman–Crippen LogP) is 1.90. The maximum absolute atomic E-state index is 12.5. The van der Waals surface area contributed by atoms with Gasteiger partial charge in [0.2, 0.25) is 11.8 Å². The highest BCUT2D eigenvalue weighted by atomic mass is 16.3. The van der Waals surface area contributed by atoms with E-state index in [2.05, 4.69) is 0 Å². The summed E-state index contributed by atoms with van der Waals surface area (Å²) in [6.07, 6.45) is 3.64. The Kier molecular flexibility index (Phi) is 3.57. The van der Waals surface area contributed by atoms with Gasteiger partial charge in [0.15, 0.2) is 0 Å². The number of aliphatic hydroxyl groups is 1. The predicted molar refractivity (Wildman–Crippen MR) is 73.6 cm³/mol. The van der Waals surface area contributed by atoms with Gasteiger partial charge in [-0.15, -0.1) is 0 Å². The third-order valence-electron chi connectivity index (χ3n) is 4.54. The summed E-state index contributed by atoms with van der Waals surface area (Å²) in [5.41, 5.74) is 0.815. The number of aliphatic hydroxyl groups excluding tert-OH is 1. The van der Waals surface area contributed by atoms with Gasteiger partial charge in [0.1, 0.15) is 0 Å². The van der Waals surface area contributed by atoms with E-state index >= 15 is 0 Å². The van der Waals surface area contributed by atoms with Crippen LogP contribution in [0.2, 0.25) is 0 Å². The van der Waals surface area contributed by atoms with Crippen LogP contribution in [0, 0.1) is 11.8 Å². The van der Waals surface area contributed by atoms with Crippen molar-refractivity contribution < 1.29 is 14.7 Å². The van der Waals surface area contributed by atoms with E-state index in [-0.39, 0.29) is 30.3 Å². The van der Waals surface area contributed by atoms with E-state index in [1.165, 1.54) is 4.90 Å². The summed E-state index contributed by atoms with van der Waals surface area (Å²) >= 11 is 0. The van der Waals surface area contributed by atoms with Crippen molar-refractivity contribution in [1.29, 1.82) is 0 Å². The minimum Gasteiger partial charge on any atom is -0.394 e. The number of likely N-dealkylation sites (tertiary alicyclic amines) is 1. The van der Waals surface area contributed by atoms with E-state index in [1.54, 1.807) is 0 Å². The zero-order valence-electron chi connectivity index (χ0n) is 11.4. The summed E-state index contributed by atoms with van der Waals surface area (Å²) in [5.74, 6) is -0.506. The molecular formula is C16H19NO3. The van der Waals surface area contributed by atoms with Crippen molar-refractivity contribution in [1.82, 2.24) is 4.90 Å². The van der Waals surface area contributed by atoms with Crippen molar-refractivity contribution in [3.05, 3.63) is 35.9 Å². The number of benzene rings is 1. The molecule has 20 heavy (non-hydrogen) atoms. The van der Waals surface area contributed by atoms with Gasteiger partial charge in [-0.1, -0.05) is 43.2 Å². The lowest BCUT2D eigenvalue weighted by Gasteiger charge is -2.25. The lowest BCUT2D eigenvalue weighted by Crippen LogP contribution is -2.37. The average molecular weight is 273 g/mol. The highest BCUT2D eigenvalue weighted by molar-refractivity contribution is 6.05. The van der Waals surface area contributed by atoms with Crippen molar-refractivity contribution in [3.63, 3.8) is 0 Å². The maximum atomic E-state index is 12.5. The highest BCUT2D eigenvalue weighted by Gasteiger charge is 2.50. The molecule has 3 rings (SSSR count). The standard InChI is InChI=1S/C16H19NO3/c18-10-14(11-6-2-1-3-7-11)17-15(19)12-8-4-5-9-13(12)16(17)20/h1-3,6-7,12-14,18H,4-5,8-10H2/t12?,13?,14-/m0/s1. The molecule has 106 valence electrons. The second-order valence-corrected chi connectivity index (χ2v) is 5.65. The molecule has 0 radical (unpaired) electrons. The van der Waals surface area contributed by atoms with Crippen molar-refractivity contribution >= 4 is 11.8 Å². The third kappa shape index (κ3) is 2.04. The highest BCUT2D eigenvalue weighted by Crippen LogP contribution is 2.41. The van der Waals surface area contributed by atoms with Crippen LogP contribution in [0.1, 0.15) is 37.3 Å². The number of fused-ring (bicyclic) bond motifs is 1. The SMILES string of the molecule is O=C1C2CCCCC2C(=O)N1[C@@H](CO)c1ccccc1. The Labute approximate surface area is 118 Å². The maximum Gasteiger partial charge on any atom is 0.233 e. The molecule has 1 aromatic rings. The molecule has 1 N–H and O–H groups in total. The summed E-state index contributed by atoms with van der Waals surface area (Å²) in [6.45, 7) is -0.221. The molecule has 1 saturated heterocycles. The number of hydrogen-bond acceptors (Lipinski definition) is 3. The Morgan fingerprint density at radius 3 is 2.10 bits per heavy atom. The van der Waals surface area contributed by atoms with Gasteiger partial charge in [-0.2, -0.15) is 0 Å². The number of carbonyl (C=O) groups is 2. The van der Waals surface area contributed by atoms with E-state index in [4.69, 9.17) is 0 Å². The lowest BCUT2D eigenvalue weighted by molar-refractivity contribution is -0.144. The normalized spacial score (nSPS) is 27.6. The molecule has 4 heteroatoms. The van der Waals surface area contributed by atoms with Gasteiger partial charge in [0.25, 0.3) is 0 Å². The minimum atomic E-state index is -0.540. The number of rotatable bonds is 3. The molecule has 1 aliphatic carbocycles. The fraction of sp³-hybridized carbons (Fsp3) is 0.500. The average Bonchev–Trinajstić information content (AvgIpc) is 2.75.